The van der Waals surface area contributed by atoms with Crippen molar-refractivity contribution in [2.45, 2.75) is 32.6 Å². The lowest BCUT2D eigenvalue weighted by atomic mass is 10.0. The van der Waals surface area contributed by atoms with Gasteiger partial charge in [0.25, 0.3) is 0 Å². The number of carboxylic acid groups (broad SMARTS) is 1. The molecule has 6 heteroatoms. The lowest BCUT2D eigenvalue weighted by molar-refractivity contribution is -0.142. The van der Waals surface area contributed by atoms with Crippen molar-refractivity contribution in [2.75, 3.05) is 24.5 Å². The molecule has 2 fully saturated rings. The molecule has 2 unspecified atom stereocenters. The summed E-state index contributed by atoms with van der Waals surface area (Å²) in [5, 5.41) is 9.07. The highest BCUT2D eigenvalue weighted by atomic mass is 16.4. The van der Waals surface area contributed by atoms with E-state index in [4.69, 9.17) is 5.11 Å². The maximum absolute atomic E-state index is 12.7. The van der Waals surface area contributed by atoms with E-state index in [-0.39, 0.29) is 18.4 Å². The van der Waals surface area contributed by atoms with Crippen LogP contribution in [0, 0.1) is 11.8 Å². The SMILES string of the molecule is CC(C)c1ccc(N2CCC(C(=O)N3CCC(C(=O)O)C3)C2=O)cc1. The molecule has 25 heavy (non-hydrogen) atoms. The summed E-state index contributed by atoms with van der Waals surface area (Å²) in [6, 6.07) is 7.88. The number of benzene rings is 1. The van der Waals surface area contributed by atoms with Gasteiger partial charge in [0.2, 0.25) is 11.8 Å². The van der Waals surface area contributed by atoms with Crippen LogP contribution < -0.4 is 4.90 Å². The molecule has 2 amide bonds. The van der Waals surface area contributed by atoms with Crippen LogP contribution in [0.5, 0.6) is 0 Å². The minimum Gasteiger partial charge on any atom is -0.481 e. The van der Waals surface area contributed by atoms with E-state index in [0.29, 0.717) is 31.8 Å². The molecule has 0 saturated carbocycles. The summed E-state index contributed by atoms with van der Waals surface area (Å²) in [5.74, 6) is -2.05. The van der Waals surface area contributed by atoms with E-state index in [0.717, 1.165) is 5.69 Å². The summed E-state index contributed by atoms with van der Waals surface area (Å²) >= 11 is 0. The Morgan fingerprint density at radius 2 is 1.80 bits per heavy atom. The Morgan fingerprint density at radius 3 is 2.36 bits per heavy atom. The summed E-state index contributed by atoms with van der Waals surface area (Å²) in [7, 11) is 0. The predicted octanol–water partition coefficient (Wildman–Crippen LogP) is 2.10. The molecule has 0 radical (unpaired) electrons. The van der Waals surface area contributed by atoms with Crippen molar-refractivity contribution >= 4 is 23.5 Å². The van der Waals surface area contributed by atoms with Crippen LogP contribution in [-0.2, 0) is 14.4 Å². The standard InChI is InChI=1S/C19H24N2O4/c1-12(2)13-3-5-15(6-4-13)21-10-8-16(18(21)23)17(22)20-9-7-14(11-20)19(24)25/h3-6,12,14,16H,7-11H2,1-2H3,(H,24,25). The van der Waals surface area contributed by atoms with Crippen LogP contribution in [0.2, 0.25) is 0 Å². The molecule has 1 aromatic carbocycles. The van der Waals surface area contributed by atoms with Gasteiger partial charge in [0.15, 0.2) is 0 Å². The van der Waals surface area contributed by atoms with Gasteiger partial charge in [-0.1, -0.05) is 26.0 Å². The van der Waals surface area contributed by atoms with Gasteiger partial charge in [-0.05, 0) is 36.5 Å². The van der Waals surface area contributed by atoms with Gasteiger partial charge in [0.05, 0.1) is 5.92 Å². The van der Waals surface area contributed by atoms with Gasteiger partial charge in [-0.25, -0.2) is 0 Å². The largest absolute Gasteiger partial charge is 0.481 e. The second-order valence-corrected chi connectivity index (χ2v) is 7.19. The summed E-state index contributed by atoms with van der Waals surface area (Å²) in [5.41, 5.74) is 2.02. The minimum absolute atomic E-state index is 0.180. The Labute approximate surface area is 147 Å². The first-order valence-corrected chi connectivity index (χ1v) is 8.81. The summed E-state index contributed by atoms with van der Waals surface area (Å²) in [4.78, 5) is 39.6. The lowest BCUT2D eigenvalue weighted by Crippen LogP contribution is -2.39. The van der Waals surface area contributed by atoms with Crippen molar-refractivity contribution in [3.63, 3.8) is 0 Å². The van der Waals surface area contributed by atoms with E-state index in [1.54, 1.807) is 4.90 Å². The van der Waals surface area contributed by atoms with Crippen molar-refractivity contribution in [3.05, 3.63) is 29.8 Å². The van der Waals surface area contributed by atoms with E-state index in [1.165, 1.54) is 10.5 Å². The molecule has 2 atom stereocenters. The lowest BCUT2D eigenvalue weighted by Gasteiger charge is -2.21. The van der Waals surface area contributed by atoms with Crippen molar-refractivity contribution in [1.82, 2.24) is 4.90 Å². The average Bonchev–Trinajstić information content (AvgIpc) is 3.21. The van der Waals surface area contributed by atoms with Crippen molar-refractivity contribution < 1.29 is 19.5 Å². The zero-order valence-corrected chi connectivity index (χ0v) is 14.6. The molecule has 1 aromatic rings. The molecule has 0 aliphatic carbocycles. The molecule has 134 valence electrons. The van der Waals surface area contributed by atoms with Crippen LogP contribution in [0.1, 0.15) is 38.2 Å². The normalized spacial score (nSPS) is 23.6. The minimum atomic E-state index is -0.875. The number of amides is 2. The van der Waals surface area contributed by atoms with Crippen LogP contribution in [0.3, 0.4) is 0 Å². The highest BCUT2D eigenvalue weighted by Gasteiger charge is 2.42. The van der Waals surface area contributed by atoms with Gasteiger partial charge < -0.3 is 14.9 Å². The Balaban J connectivity index is 1.67. The molecule has 2 aliphatic heterocycles. The fraction of sp³-hybridized carbons (Fsp3) is 0.526. The third-order valence-corrected chi connectivity index (χ3v) is 5.22. The van der Waals surface area contributed by atoms with Crippen molar-refractivity contribution in [3.8, 4) is 0 Å². The third-order valence-electron chi connectivity index (χ3n) is 5.22. The average molecular weight is 344 g/mol. The Bertz CT molecular complexity index is 683. The predicted molar refractivity (Wildman–Crippen MR) is 93.3 cm³/mol. The van der Waals surface area contributed by atoms with Crippen LogP contribution in [0.25, 0.3) is 0 Å². The van der Waals surface area contributed by atoms with Crippen LogP contribution in [0.15, 0.2) is 24.3 Å². The number of carbonyl (C=O) groups excluding carboxylic acids is 2. The van der Waals surface area contributed by atoms with E-state index in [9.17, 15) is 14.4 Å². The number of aliphatic carboxylic acids is 1. The Hall–Kier alpha value is -2.37. The van der Waals surface area contributed by atoms with Gasteiger partial charge in [0, 0.05) is 25.3 Å². The van der Waals surface area contributed by atoms with E-state index < -0.39 is 17.8 Å². The van der Waals surface area contributed by atoms with Crippen LogP contribution in [-0.4, -0.2) is 47.4 Å². The molecular weight excluding hydrogens is 320 g/mol. The van der Waals surface area contributed by atoms with Gasteiger partial charge in [0.1, 0.15) is 5.92 Å². The zero-order valence-electron chi connectivity index (χ0n) is 14.6. The summed E-state index contributed by atoms with van der Waals surface area (Å²) in [6.07, 6.45) is 0.945. The number of hydrogen-bond donors (Lipinski definition) is 1. The number of carboxylic acids is 1. The van der Waals surface area contributed by atoms with Gasteiger partial charge in [-0.15, -0.1) is 0 Å². The number of anilines is 1. The molecule has 2 aliphatic rings. The highest BCUT2D eigenvalue weighted by Crippen LogP contribution is 2.29. The van der Waals surface area contributed by atoms with Crippen LogP contribution >= 0.6 is 0 Å². The maximum Gasteiger partial charge on any atom is 0.308 e. The number of carbonyl (C=O) groups is 3. The first-order valence-electron chi connectivity index (χ1n) is 8.81. The number of hydrogen-bond acceptors (Lipinski definition) is 3. The molecule has 0 bridgehead atoms. The van der Waals surface area contributed by atoms with E-state index in [2.05, 4.69) is 13.8 Å². The first kappa shape index (κ1) is 17.5. The van der Waals surface area contributed by atoms with Gasteiger partial charge >= 0.3 is 5.97 Å². The molecular formula is C19H24N2O4. The molecule has 3 rings (SSSR count). The number of rotatable bonds is 4. The zero-order chi connectivity index (χ0) is 18.1. The molecule has 0 aromatic heterocycles. The maximum atomic E-state index is 12.7. The Kier molecular flexibility index (Phi) is 4.79. The number of likely N-dealkylation sites (tertiary alicyclic amines) is 1. The van der Waals surface area contributed by atoms with Gasteiger partial charge in [-0.2, -0.15) is 0 Å². The van der Waals surface area contributed by atoms with E-state index >= 15 is 0 Å². The number of nitrogens with zero attached hydrogens (tertiary/aromatic N) is 2. The van der Waals surface area contributed by atoms with Gasteiger partial charge in [-0.3, -0.25) is 14.4 Å². The molecule has 2 saturated heterocycles. The van der Waals surface area contributed by atoms with E-state index in [1.807, 2.05) is 24.3 Å². The molecule has 0 spiro atoms. The van der Waals surface area contributed by atoms with Crippen molar-refractivity contribution in [2.24, 2.45) is 11.8 Å². The Morgan fingerprint density at radius 1 is 1.12 bits per heavy atom. The summed E-state index contributed by atoms with van der Waals surface area (Å²) < 4.78 is 0. The second kappa shape index (κ2) is 6.86. The second-order valence-electron chi connectivity index (χ2n) is 7.19. The smallest absolute Gasteiger partial charge is 0.308 e. The fourth-order valence-electron chi connectivity index (χ4n) is 3.59. The monoisotopic (exact) mass is 344 g/mol. The van der Waals surface area contributed by atoms with Crippen molar-refractivity contribution in [1.29, 1.82) is 0 Å². The first-order chi connectivity index (χ1) is 11.9. The van der Waals surface area contributed by atoms with Crippen LogP contribution in [0.4, 0.5) is 5.69 Å². The molecule has 2 heterocycles. The summed E-state index contributed by atoms with van der Waals surface area (Å²) in [6.45, 7) is 5.38. The topological polar surface area (TPSA) is 77.9 Å². The fourth-order valence-corrected chi connectivity index (χ4v) is 3.59. The molecule has 6 nitrogen and oxygen atoms in total. The quantitative estimate of drug-likeness (QED) is 0.849. The third kappa shape index (κ3) is 3.38. The highest BCUT2D eigenvalue weighted by molar-refractivity contribution is 6.09. The molecule has 1 N–H and O–H groups in total.